The summed E-state index contributed by atoms with van der Waals surface area (Å²) in [4.78, 5) is 9.22. The highest BCUT2D eigenvalue weighted by Gasteiger charge is 2.14. The second-order valence-electron chi connectivity index (χ2n) is 4.38. The van der Waals surface area contributed by atoms with Crippen LogP contribution in [0.3, 0.4) is 0 Å². The van der Waals surface area contributed by atoms with E-state index in [4.69, 9.17) is 14.2 Å². The number of ether oxygens (including phenoxy) is 3. The molecular formula is C17H21NO4. The van der Waals surface area contributed by atoms with E-state index >= 15 is 0 Å². The van der Waals surface area contributed by atoms with Crippen LogP contribution in [0.2, 0.25) is 0 Å². The quantitative estimate of drug-likeness (QED) is 0.942. The fourth-order valence-electron chi connectivity index (χ4n) is 1.90. The zero-order valence-corrected chi connectivity index (χ0v) is 13.3. The molecule has 0 radical (unpaired) electrons. The molecule has 0 aliphatic rings. The van der Waals surface area contributed by atoms with E-state index in [2.05, 4.69) is 5.73 Å². The monoisotopic (exact) mass is 303 g/mol. The molecule has 2 aromatic rings. The Labute approximate surface area is 130 Å². The third-order valence-electron chi connectivity index (χ3n) is 2.78. The molecule has 5 heteroatoms. The van der Waals surface area contributed by atoms with Crippen LogP contribution < -0.4 is 19.9 Å². The SMILES string of the molecule is CC(N)=O.COc1cc(OC)c(-c2ccccc2)c(OC)c1. The van der Waals surface area contributed by atoms with Gasteiger partial charge < -0.3 is 19.9 Å². The van der Waals surface area contributed by atoms with E-state index in [1.807, 2.05) is 42.5 Å². The molecule has 0 saturated heterocycles. The van der Waals surface area contributed by atoms with Gasteiger partial charge in [-0.2, -0.15) is 0 Å². The van der Waals surface area contributed by atoms with Crippen molar-refractivity contribution in [3.63, 3.8) is 0 Å². The summed E-state index contributed by atoms with van der Waals surface area (Å²) in [6, 6.07) is 13.7. The van der Waals surface area contributed by atoms with Gasteiger partial charge in [0.05, 0.1) is 26.9 Å². The predicted molar refractivity (Wildman–Crippen MR) is 86.4 cm³/mol. The van der Waals surface area contributed by atoms with Crippen LogP contribution in [0.15, 0.2) is 42.5 Å². The number of hydrogen-bond acceptors (Lipinski definition) is 4. The van der Waals surface area contributed by atoms with Gasteiger partial charge in [0.15, 0.2) is 0 Å². The molecule has 0 saturated carbocycles. The Balaban J connectivity index is 0.000000541. The van der Waals surface area contributed by atoms with Gasteiger partial charge in [0.2, 0.25) is 5.91 Å². The molecule has 0 aliphatic carbocycles. The molecule has 2 N–H and O–H groups in total. The van der Waals surface area contributed by atoms with Crippen LogP contribution >= 0.6 is 0 Å². The van der Waals surface area contributed by atoms with Crippen molar-refractivity contribution in [3.05, 3.63) is 42.5 Å². The second-order valence-corrected chi connectivity index (χ2v) is 4.38. The fourth-order valence-corrected chi connectivity index (χ4v) is 1.90. The lowest BCUT2D eigenvalue weighted by Gasteiger charge is -2.15. The smallest absolute Gasteiger partial charge is 0.214 e. The lowest BCUT2D eigenvalue weighted by molar-refractivity contribution is -0.115. The highest BCUT2D eigenvalue weighted by atomic mass is 16.5. The Morgan fingerprint density at radius 1 is 0.909 bits per heavy atom. The third kappa shape index (κ3) is 4.70. The van der Waals surface area contributed by atoms with E-state index in [1.165, 1.54) is 6.92 Å². The molecule has 5 nitrogen and oxygen atoms in total. The normalized spacial score (nSPS) is 9.27. The van der Waals surface area contributed by atoms with Crippen molar-refractivity contribution < 1.29 is 19.0 Å². The first-order valence-corrected chi connectivity index (χ1v) is 6.65. The second kappa shape index (κ2) is 8.56. The first-order valence-electron chi connectivity index (χ1n) is 6.65. The lowest BCUT2D eigenvalue weighted by Crippen LogP contribution is -2.01. The maximum atomic E-state index is 9.22. The van der Waals surface area contributed by atoms with Gasteiger partial charge >= 0.3 is 0 Å². The molecule has 0 aromatic heterocycles. The molecule has 0 heterocycles. The molecule has 0 unspecified atom stereocenters. The molecule has 2 rings (SSSR count). The van der Waals surface area contributed by atoms with Crippen molar-refractivity contribution in [2.75, 3.05) is 21.3 Å². The van der Waals surface area contributed by atoms with Crippen molar-refractivity contribution >= 4 is 5.91 Å². The van der Waals surface area contributed by atoms with Gasteiger partial charge in [-0.3, -0.25) is 4.79 Å². The molecule has 118 valence electrons. The number of amides is 1. The lowest BCUT2D eigenvalue weighted by atomic mass is 10.0. The third-order valence-corrected chi connectivity index (χ3v) is 2.78. The molecule has 0 spiro atoms. The van der Waals surface area contributed by atoms with E-state index in [9.17, 15) is 4.79 Å². The molecule has 1 amide bonds. The van der Waals surface area contributed by atoms with Gasteiger partial charge in [-0.05, 0) is 5.56 Å². The zero-order chi connectivity index (χ0) is 16.5. The summed E-state index contributed by atoms with van der Waals surface area (Å²) < 4.78 is 16.1. The van der Waals surface area contributed by atoms with Crippen LogP contribution in [0.4, 0.5) is 0 Å². The van der Waals surface area contributed by atoms with E-state index in [1.54, 1.807) is 21.3 Å². The van der Waals surface area contributed by atoms with E-state index in [0.29, 0.717) is 5.75 Å². The van der Waals surface area contributed by atoms with Crippen LogP contribution in [0.1, 0.15) is 6.92 Å². The van der Waals surface area contributed by atoms with E-state index in [0.717, 1.165) is 22.6 Å². The van der Waals surface area contributed by atoms with Crippen LogP contribution in [0.25, 0.3) is 11.1 Å². The Kier molecular flexibility index (Phi) is 6.76. The highest BCUT2D eigenvalue weighted by Crippen LogP contribution is 2.41. The minimum Gasteiger partial charge on any atom is -0.496 e. The minimum absolute atomic E-state index is 0.333. The van der Waals surface area contributed by atoms with Crippen LogP contribution in [-0.4, -0.2) is 27.2 Å². The molecule has 0 atom stereocenters. The number of methoxy groups -OCH3 is 3. The summed E-state index contributed by atoms with van der Waals surface area (Å²) in [6.45, 7) is 1.31. The van der Waals surface area contributed by atoms with Gasteiger partial charge in [-0.25, -0.2) is 0 Å². The van der Waals surface area contributed by atoms with Crippen LogP contribution in [-0.2, 0) is 4.79 Å². The number of rotatable bonds is 4. The van der Waals surface area contributed by atoms with Crippen molar-refractivity contribution in [1.29, 1.82) is 0 Å². The summed E-state index contributed by atoms with van der Waals surface area (Å²) in [5.74, 6) is 1.85. The van der Waals surface area contributed by atoms with Gasteiger partial charge in [-0.1, -0.05) is 30.3 Å². The summed E-state index contributed by atoms with van der Waals surface area (Å²) in [5, 5.41) is 0. The Hall–Kier alpha value is -2.69. The largest absolute Gasteiger partial charge is 0.496 e. The van der Waals surface area contributed by atoms with E-state index < -0.39 is 0 Å². The Morgan fingerprint density at radius 2 is 1.36 bits per heavy atom. The number of primary amides is 1. The van der Waals surface area contributed by atoms with Crippen molar-refractivity contribution in [1.82, 2.24) is 0 Å². The maximum absolute atomic E-state index is 9.22. The predicted octanol–water partition coefficient (Wildman–Crippen LogP) is 2.87. The van der Waals surface area contributed by atoms with Gasteiger partial charge in [0.25, 0.3) is 0 Å². The molecule has 0 aliphatic heterocycles. The summed E-state index contributed by atoms with van der Waals surface area (Å²) in [5.41, 5.74) is 6.45. The first-order chi connectivity index (χ1) is 10.5. The fraction of sp³-hybridized carbons (Fsp3) is 0.235. The zero-order valence-electron chi connectivity index (χ0n) is 13.3. The molecular weight excluding hydrogens is 282 g/mol. The Morgan fingerprint density at radius 3 is 1.73 bits per heavy atom. The molecule has 0 bridgehead atoms. The average molecular weight is 303 g/mol. The van der Waals surface area contributed by atoms with Gasteiger partial charge in [-0.15, -0.1) is 0 Å². The number of carbonyl (C=O) groups is 1. The summed E-state index contributed by atoms with van der Waals surface area (Å²) in [7, 11) is 4.90. The van der Waals surface area contributed by atoms with Gasteiger partial charge in [0.1, 0.15) is 17.2 Å². The minimum atomic E-state index is -0.333. The topological polar surface area (TPSA) is 70.8 Å². The maximum Gasteiger partial charge on any atom is 0.214 e. The van der Waals surface area contributed by atoms with E-state index in [-0.39, 0.29) is 5.91 Å². The molecule has 0 fully saturated rings. The average Bonchev–Trinajstić information content (AvgIpc) is 2.53. The number of hydrogen-bond donors (Lipinski definition) is 1. The van der Waals surface area contributed by atoms with Crippen LogP contribution in [0.5, 0.6) is 17.2 Å². The van der Waals surface area contributed by atoms with Crippen molar-refractivity contribution in [3.8, 4) is 28.4 Å². The molecule has 22 heavy (non-hydrogen) atoms. The Bertz CT molecular complexity index is 582. The van der Waals surface area contributed by atoms with Crippen molar-refractivity contribution in [2.45, 2.75) is 6.92 Å². The molecule has 2 aromatic carbocycles. The van der Waals surface area contributed by atoms with Crippen LogP contribution in [0, 0.1) is 0 Å². The summed E-state index contributed by atoms with van der Waals surface area (Å²) in [6.07, 6.45) is 0. The number of nitrogens with two attached hydrogens (primary N) is 1. The summed E-state index contributed by atoms with van der Waals surface area (Å²) >= 11 is 0. The highest BCUT2D eigenvalue weighted by molar-refractivity contribution is 5.78. The first kappa shape index (κ1) is 17.4. The number of carbonyl (C=O) groups excluding carboxylic acids is 1. The van der Waals surface area contributed by atoms with Gasteiger partial charge in [0, 0.05) is 19.1 Å². The van der Waals surface area contributed by atoms with Crippen molar-refractivity contribution in [2.24, 2.45) is 5.73 Å². The standard InChI is InChI=1S/C15H16O3.C2H5NO/c1-16-12-9-13(17-2)15(14(10-12)18-3)11-7-5-4-6-8-11;1-2(3)4/h4-10H,1-3H3;1H3,(H2,3,4). The number of benzene rings is 2.